The second-order valence-electron chi connectivity index (χ2n) is 17.3. The fourth-order valence-corrected chi connectivity index (χ4v) is 9.70. The Morgan fingerprint density at radius 3 is 1.26 bits per heavy atom. The molecule has 0 aliphatic heterocycles. The van der Waals surface area contributed by atoms with Crippen LogP contribution in [0.5, 0.6) is 0 Å². The summed E-state index contributed by atoms with van der Waals surface area (Å²) in [4.78, 5) is 24.6. The van der Waals surface area contributed by atoms with E-state index in [2.05, 4.69) is 126 Å². The molecule has 8 nitrogen and oxygen atoms in total. The first-order chi connectivity index (χ1) is 34.1. The van der Waals surface area contributed by atoms with Crippen LogP contribution in [-0.4, -0.2) is 29.5 Å². The van der Waals surface area contributed by atoms with E-state index < -0.39 is 0 Å². The molecule has 69 heavy (non-hydrogen) atoms. The van der Waals surface area contributed by atoms with Crippen molar-refractivity contribution in [3.8, 4) is 73.9 Å². The maximum absolute atomic E-state index is 6.07. The van der Waals surface area contributed by atoms with E-state index in [9.17, 15) is 0 Å². The summed E-state index contributed by atoms with van der Waals surface area (Å²) in [6.07, 6.45) is 0. The van der Waals surface area contributed by atoms with Crippen LogP contribution in [0.25, 0.3) is 139 Å². The zero-order valence-corrected chi connectivity index (χ0v) is 36.8. The Hall–Kier alpha value is -9.53. The summed E-state index contributed by atoms with van der Waals surface area (Å²) < 4.78 is 14.6. The number of hydrogen-bond acceptors (Lipinski definition) is 7. The number of benzene rings is 10. The number of oxazole rings is 2. The minimum Gasteiger partial charge on any atom is -0.436 e. The van der Waals surface area contributed by atoms with Crippen LogP contribution in [0.4, 0.5) is 0 Å². The molecule has 14 rings (SSSR count). The largest absolute Gasteiger partial charge is 0.436 e. The standard InChI is InChI=1S/C61H36N6O2/c1-2-11-46(12-3-1)67-55-47-13-5-4-10-38(47)30-34-49(55)50-35-32-45-36-44(31-33-48(45)56(50)67)37-18-20-39(21-19-37)57-64-58(40-22-26-42(27-23-40)60-62-51-14-6-8-16-53(51)68-60)66-59(65-57)41-24-28-43(29-25-41)61-63-52-15-7-9-17-54(52)69-61/h1-36H. The van der Waals surface area contributed by atoms with Gasteiger partial charge in [-0.25, -0.2) is 24.9 Å². The molecule has 4 heterocycles. The summed E-state index contributed by atoms with van der Waals surface area (Å²) in [6, 6.07) is 75.2. The number of aromatic nitrogens is 6. The number of para-hydroxylation sites is 5. The minimum atomic E-state index is 0.549. The topological polar surface area (TPSA) is 95.7 Å². The van der Waals surface area contributed by atoms with Crippen LogP contribution in [0.1, 0.15) is 0 Å². The second-order valence-corrected chi connectivity index (χ2v) is 17.3. The fourth-order valence-electron chi connectivity index (χ4n) is 9.70. The number of nitrogens with zero attached hydrogens (tertiary/aromatic N) is 6. The summed E-state index contributed by atoms with van der Waals surface area (Å²) in [5.74, 6) is 2.78. The molecule has 8 heteroatoms. The quantitative estimate of drug-likeness (QED) is 0.157. The lowest BCUT2D eigenvalue weighted by atomic mass is 9.98. The van der Waals surface area contributed by atoms with Crippen LogP contribution in [0.15, 0.2) is 227 Å². The van der Waals surface area contributed by atoms with Crippen molar-refractivity contribution < 1.29 is 8.83 Å². The highest BCUT2D eigenvalue weighted by Gasteiger charge is 2.19. The monoisotopic (exact) mass is 884 g/mol. The smallest absolute Gasteiger partial charge is 0.227 e. The van der Waals surface area contributed by atoms with E-state index in [0.29, 0.717) is 29.3 Å². The zero-order chi connectivity index (χ0) is 45.4. The molecule has 4 aromatic heterocycles. The third kappa shape index (κ3) is 6.57. The normalized spacial score (nSPS) is 11.8. The van der Waals surface area contributed by atoms with Gasteiger partial charge in [0, 0.05) is 55.0 Å². The minimum absolute atomic E-state index is 0.549. The first-order valence-corrected chi connectivity index (χ1v) is 22.9. The van der Waals surface area contributed by atoms with Gasteiger partial charge in [-0.3, -0.25) is 0 Å². The Labute approximate surface area is 394 Å². The second kappa shape index (κ2) is 15.5. The van der Waals surface area contributed by atoms with Crippen molar-refractivity contribution in [2.24, 2.45) is 0 Å². The van der Waals surface area contributed by atoms with Crippen LogP contribution in [0.2, 0.25) is 0 Å². The Morgan fingerprint density at radius 1 is 0.290 bits per heavy atom. The summed E-state index contributed by atoms with van der Waals surface area (Å²) >= 11 is 0. The van der Waals surface area contributed by atoms with Gasteiger partial charge >= 0.3 is 0 Å². The van der Waals surface area contributed by atoms with Gasteiger partial charge in [-0.1, -0.05) is 152 Å². The molecular weight excluding hydrogens is 849 g/mol. The molecule has 0 amide bonds. The first-order valence-electron chi connectivity index (χ1n) is 22.9. The van der Waals surface area contributed by atoms with Gasteiger partial charge < -0.3 is 13.4 Å². The highest BCUT2D eigenvalue weighted by molar-refractivity contribution is 6.24. The molecule has 0 bridgehead atoms. The molecule has 0 aliphatic carbocycles. The molecule has 0 aliphatic rings. The van der Waals surface area contributed by atoms with Crippen molar-refractivity contribution in [3.05, 3.63) is 218 Å². The maximum Gasteiger partial charge on any atom is 0.227 e. The molecule has 14 aromatic rings. The Kier molecular flexibility index (Phi) is 8.72. The van der Waals surface area contributed by atoms with E-state index in [1.54, 1.807) is 0 Å². The molecule has 0 fully saturated rings. The molecule has 0 spiro atoms. The molecule has 0 N–H and O–H groups in total. The van der Waals surface area contributed by atoms with Crippen molar-refractivity contribution in [1.29, 1.82) is 0 Å². The highest BCUT2D eigenvalue weighted by Crippen LogP contribution is 2.41. The van der Waals surface area contributed by atoms with Crippen LogP contribution in [0, 0.1) is 0 Å². The van der Waals surface area contributed by atoms with Crippen molar-refractivity contribution in [3.63, 3.8) is 0 Å². The molecular formula is C61H36N6O2. The van der Waals surface area contributed by atoms with Gasteiger partial charge in [-0.15, -0.1) is 0 Å². The van der Waals surface area contributed by atoms with Gasteiger partial charge in [-0.2, -0.15) is 0 Å². The van der Waals surface area contributed by atoms with Crippen molar-refractivity contribution in [2.45, 2.75) is 0 Å². The van der Waals surface area contributed by atoms with Crippen LogP contribution < -0.4 is 0 Å². The summed E-state index contributed by atoms with van der Waals surface area (Å²) in [5, 5.41) is 7.31. The maximum atomic E-state index is 6.07. The van der Waals surface area contributed by atoms with Gasteiger partial charge in [0.2, 0.25) is 11.8 Å². The van der Waals surface area contributed by atoms with Crippen molar-refractivity contribution >= 4 is 65.6 Å². The number of hydrogen-bond donors (Lipinski definition) is 0. The van der Waals surface area contributed by atoms with E-state index in [1.807, 2.05) is 97.1 Å². The Bertz CT molecular complexity index is 4090. The number of rotatable bonds is 7. The number of fused-ring (bicyclic) bond motifs is 9. The van der Waals surface area contributed by atoms with Crippen LogP contribution in [-0.2, 0) is 0 Å². The van der Waals surface area contributed by atoms with Gasteiger partial charge in [0.25, 0.3) is 0 Å². The lowest BCUT2D eigenvalue weighted by Gasteiger charge is -2.12. The Morgan fingerprint density at radius 2 is 0.710 bits per heavy atom. The Balaban J connectivity index is 0.842. The highest BCUT2D eigenvalue weighted by atomic mass is 16.4. The van der Waals surface area contributed by atoms with Crippen molar-refractivity contribution in [1.82, 2.24) is 29.5 Å². The molecule has 0 saturated carbocycles. The van der Waals surface area contributed by atoms with E-state index in [1.165, 1.54) is 43.4 Å². The third-order valence-electron chi connectivity index (χ3n) is 13.1. The zero-order valence-electron chi connectivity index (χ0n) is 36.8. The molecule has 0 atom stereocenters. The van der Waals surface area contributed by atoms with Gasteiger partial charge in [-0.05, 0) is 88.6 Å². The molecule has 0 unspecified atom stereocenters. The van der Waals surface area contributed by atoms with E-state index >= 15 is 0 Å². The van der Waals surface area contributed by atoms with E-state index in [0.717, 1.165) is 66.8 Å². The molecule has 322 valence electrons. The predicted molar refractivity (Wildman–Crippen MR) is 277 cm³/mol. The first kappa shape index (κ1) is 38.7. The lowest BCUT2D eigenvalue weighted by Crippen LogP contribution is -2.00. The van der Waals surface area contributed by atoms with Gasteiger partial charge in [0.1, 0.15) is 11.0 Å². The van der Waals surface area contributed by atoms with Gasteiger partial charge in [0.05, 0.1) is 11.0 Å². The van der Waals surface area contributed by atoms with Gasteiger partial charge in [0.15, 0.2) is 28.6 Å². The summed E-state index contributed by atoms with van der Waals surface area (Å²) in [7, 11) is 0. The predicted octanol–water partition coefficient (Wildman–Crippen LogP) is 15.6. The SMILES string of the molecule is c1ccc(-n2c3c4ccccc4ccc3c3ccc4cc(-c5ccc(-c6nc(-c7ccc(-c8nc9ccccc9o8)cc7)nc(-c7ccc(-c8nc9ccccc9o8)cc7)n6)cc5)ccc4c32)cc1. The van der Waals surface area contributed by atoms with Crippen molar-refractivity contribution in [2.75, 3.05) is 0 Å². The third-order valence-corrected chi connectivity index (χ3v) is 13.1. The van der Waals surface area contributed by atoms with E-state index in [4.69, 9.17) is 33.8 Å². The molecule has 0 saturated heterocycles. The summed E-state index contributed by atoms with van der Waals surface area (Å²) in [5.41, 5.74) is 13.2. The lowest BCUT2D eigenvalue weighted by molar-refractivity contribution is 0.619. The molecule has 10 aromatic carbocycles. The van der Waals surface area contributed by atoms with Crippen LogP contribution >= 0.6 is 0 Å². The van der Waals surface area contributed by atoms with E-state index in [-0.39, 0.29) is 0 Å². The summed E-state index contributed by atoms with van der Waals surface area (Å²) in [6.45, 7) is 0. The fraction of sp³-hybridized carbons (Fsp3) is 0. The average molecular weight is 885 g/mol. The average Bonchev–Trinajstić information content (AvgIpc) is 4.16. The van der Waals surface area contributed by atoms with Crippen LogP contribution in [0.3, 0.4) is 0 Å². The molecule has 0 radical (unpaired) electrons.